The van der Waals surface area contributed by atoms with E-state index in [9.17, 15) is 0 Å². The number of benzene rings is 1. The van der Waals surface area contributed by atoms with E-state index in [1.54, 1.807) is 6.33 Å². The van der Waals surface area contributed by atoms with E-state index < -0.39 is 0 Å². The monoisotopic (exact) mass is 293 g/mol. The van der Waals surface area contributed by atoms with Crippen molar-refractivity contribution in [2.75, 3.05) is 11.4 Å². The Bertz CT molecular complexity index is 780. The van der Waals surface area contributed by atoms with Gasteiger partial charge < -0.3 is 4.90 Å². The fourth-order valence-corrected chi connectivity index (χ4v) is 3.23. The molecular weight excluding hydrogens is 274 g/mol. The average molecular weight is 293 g/mol. The molecule has 1 fully saturated rings. The summed E-state index contributed by atoms with van der Waals surface area (Å²) in [6.07, 6.45) is 7.29. The molecule has 5 nitrogen and oxygen atoms in total. The summed E-state index contributed by atoms with van der Waals surface area (Å²) in [5, 5.41) is 5.56. The van der Waals surface area contributed by atoms with E-state index >= 15 is 0 Å². The number of aromatic nitrogens is 4. The van der Waals surface area contributed by atoms with E-state index in [1.165, 1.54) is 19.3 Å². The Morgan fingerprint density at radius 1 is 1.09 bits per heavy atom. The summed E-state index contributed by atoms with van der Waals surface area (Å²) in [4.78, 5) is 11.4. The largest absolute Gasteiger partial charge is 0.353 e. The van der Waals surface area contributed by atoms with Crippen LogP contribution in [0.5, 0.6) is 0 Å². The van der Waals surface area contributed by atoms with Crippen molar-refractivity contribution in [2.24, 2.45) is 0 Å². The molecule has 22 heavy (non-hydrogen) atoms. The third kappa shape index (κ3) is 2.13. The van der Waals surface area contributed by atoms with Crippen molar-refractivity contribution in [3.63, 3.8) is 0 Å². The molecule has 3 aromatic rings. The summed E-state index contributed by atoms with van der Waals surface area (Å²) < 4.78 is 1.88. The Morgan fingerprint density at radius 3 is 2.77 bits per heavy atom. The topological polar surface area (TPSA) is 46.8 Å². The summed E-state index contributed by atoms with van der Waals surface area (Å²) in [6.45, 7) is 3.33. The molecule has 1 aliphatic heterocycles. The van der Waals surface area contributed by atoms with Crippen molar-refractivity contribution < 1.29 is 0 Å². The van der Waals surface area contributed by atoms with Gasteiger partial charge in [0.1, 0.15) is 12.1 Å². The highest BCUT2D eigenvalue weighted by Crippen LogP contribution is 2.29. The molecule has 0 unspecified atom stereocenters. The Balaban J connectivity index is 1.83. The second-order valence-corrected chi connectivity index (χ2v) is 5.86. The quantitative estimate of drug-likeness (QED) is 0.728. The minimum atomic E-state index is 0.520. The van der Waals surface area contributed by atoms with Crippen LogP contribution in [0.4, 0.5) is 5.82 Å². The van der Waals surface area contributed by atoms with Crippen molar-refractivity contribution in [3.05, 3.63) is 42.9 Å². The molecular formula is C17H19N5. The van der Waals surface area contributed by atoms with Crippen LogP contribution in [-0.2, 0) is 0 Å². The van der Waals surface area contributed by atoms with E-state index in [0.717, 1.165) is 29.1 Å². The Labute approximate surface area is 129 Å². The molecule has 1 atom stereocenters. The van der Waals surface area contributed by atoms with Gasteiger partial charge in [0, 0.05) is 12.6 Å². The van der Waals surface area contributed by atoms with Crippen LogP contribution in [-0.4, -0.2) is 32.3 Å². The minimum Gasteiger partial charge on any atom is -0.353 e. The summed E-state index contributed by atoms with van der Waals surface area (Å²) in [7, 11) is 0. The first-order valence-electron chi connectivity index (χ1n) is 7.85. The van der Waals surface area contributed by atoms with Gasteiger partial charge in [-0.2, -0.15) is 5.10 Å². The molecule has 0 saturated carbocycles. The molecule has 112 valence electrons. The van der Waals surface area contributed by atoms with Crippen molar-refractivity contribution in [1.82, 2.24) is 19.7 Å². The Hall–Kier alpha value is -2.43. The minimum absolute atomic E-state index is 0.520. The van der Waals surface area contributed by atoms with Gasteiger partial charge in [-0.25, -0.2) is 14.6 Å². The number of para-hydroxylation sites is 1. The smallest absolute Gasteiger partial charge is 0.168 e. The highest BCUT2D eigenvalue weighted by molar-refractivity contribution is 5.87. The molecule has 1 aliphatic rings. The molecule has 0 aliphatic carbocycles. The van der Waals surface area contributed by atoms with Gasteiger partial charge in [0.2, 0.25) is 0 Å². The second kappa shape index (κ2) is 5.40. The van der Waals surface area contributed by atoms with Crippen molar-refractivity contribution in [2.45, 2.75) is 32.2 Å². The molecule has 0 spiro atoms. The number of anilines is 1. The fraction of sp³-hybridized carbons (Fsp3) is 0.353. The molecule has 2 aromatic heterocycles. The molecule has 4 rings (SSSR count). The third-order valence-corrected chi connectivity index (χ3v) is 4.42. The molecule has 5 heteroatoms. The molecule has 3 heterocycles. The van der Waals surface area contributed by atoms with Crippen LogP contribution in [0.2, 0.25) is 0 Å². The predicted molar refractivity (Wildman–Crippen MR) is 87.3 cm³/mol. The zero-order chi connectivity index (χ0) is 14.9. The number of nitrogens with zero attached hydrogens (tertiary/aromatic N) is 5. The van der Waals surface area contributed by atoms with E-state index in [1.807, 2.05) is 41.2 Å². The fourth-order valence-electron chi connectivity index (χ4n) is 3.23. The Kier molecular flexibility index (Phi) is 3.25. The maximum absolute atomic E-state index is 4.55. The van der Waals surface area contributed by atoms with Gasteiger partial charge in [-0.1, -0.05) is 18.2 Å². The van der Waals surface area contributed by atoms with Crippen LogP contribution >= 0.6 is 0 Å². The molecule has 0 bridgehead atoms. The maximum Gasteiger partial charge on any atom is 0.168 e. The van der Waals surface area contributed by atoms with Crippen LogP contribution in [0.1, 0.15) is 26.2 Å². The molecule has 0 amide bonds. The number of hydrogen-bond donors (Lipinski definition) is 0. The summed E-state index contributed by atoms with van der Waals surface area (Å²) in [5.41, 5.74) is 1.89. The van der Waals surface area contributed by atoms with E-state index in [4.69, 9.17) is 0 Å². The van der Waals surface area contributed by atoms with E-state index in [0.29, 0.717) is 6.04 Å². The predicted octanol–water partition coefficient (Wildman–Crippen LogP) is 3.19. The molecule has 1 saturated heterocycles. The highest BCUT2D eigenvalue weighted by atomic mass is 15.3. The van der Waals surface area contributed by atoms with Crippen LogP contribution in [0, 0.1) is 0 Å². The van der Waals surface area contributed by atoms with Gasteiger partial charge >= 0.3 is 0 Å². The zero-order valence-electron chi connectivity index (χ0n) is 12.7. The van der Waals surface area contributed by atoms with Crippen LogP contribution in [0.3, 0.4) is 0 Å². The summed E-state index contributed by atoms with van der Waals surface area (Å²) in [6, 6.07) is 10.6. The van der Waals surface area contributed by atoms with Gasteiger partial charge in [-0.3, -0.25) is 0 Å². The lowest BCUT2D eigenvalue weighted by atomic mass is 10.0. The maximum atomic E-state index is 4.55. The van der Waals surface area contributed by atoms with Crippen molar-refractivity contribution >= 4 is 16.9 Å². The highest BCUT2D eigenvalue weighted by Gasteiger charge is 2.23. The molecule has 0 N–H and O–H groups in total. The van der Waals surface area contributed by atoms with Crippen molar-refractivity contribution in [1.29, 1.82) is 0 Å². The lowest BCUT2D eigenvalue weighted by Crippen LogP contribution is -2.38. The second-order valence-electron chi connectivity index (χ2n) is 5.86. The van der Waals surface area contributed by atoms with Gasteiger partial charge in [-0.15, -0.1) is 0 Å². The van der Waals surface area contributed by atoms with Gasteiger partial charge in [-0.05, 0) is 38.3 Å². The standard InChI is InChI=1S/C17H19N5/c1-13-7-5-6-10-21(13)16-15-11-20-22(17(15)19-12-18-16)14-8-3-2-4-9-14/h2-4,8-9,11-13H,5-7,10H2,1H3/t13-/m1/s1. The lowest BCUT2D eigenvalue weighted by Gasteiger charge is -2.34. The first kappa shape index (κ1) is 13.2. The number of piperidine rings is 1. The SMILES string of the molecule is C[C@@H]1CCCCN1c1ncnc2c1cnn2-c1ccccc1. The van der Waals surface area contributed by atoms with Gasteiger partial charge in [0.25, 0.3) is 0 Å². The average Bonchev–Trinajstić information content (AvgIpc) is 3.00. The zero-order valence-corrected chi connectivity index (χ0v) is 12.7. The van der Waals surface area contributed by atoms with Crippen molar-refractivity contribution in [3.8, 4) is 5.69 Å². The van der Waals surface area contributed by atoms with E-state index in [-0.39, 0.29) is 0 Å². The molecule has 1 aromatic carbocycles. The Morgan fingerprint density at radius 2 is 1.95 bits per heavy atom. The van der Waals surface area contributed by atoms with E-state index in [2.05, 4.69) is 26.9 Å². The van der Waals surface area contributed by atoms with Gasteiger partial charge in [0.05, 0.1) is 17.3 Å². The first-order valence-corrected chi connectivity index (χ1v) is 7.85. The summed E-state index contributed by atoms with van der Waals surface area (Å²) in [5.74, 6) is 1.01. The third-order valence-electron chi connectivity index (χ3n) is 4.42. The summed E-state index contributed by atoms with van der Waals surface area (Å²) >= 11 is 0. The first-order chi connectivity index (χ1) is 10.8. The van der Waals surface area contributed by atoms with Crippen LogP contribution in [0.25, 0.3) is 16.7 Å². The lowest BCUT2D eigenvalue weighted by molar-refractivity contribution is 0.482. The van der Waals surface area contributed by atoms with Crippen LogP contribution in [0.15, 0.2) is 42.9 Å². The number of hydrogen-bond acceptors (Lipinski definition) is 4. The molecule has 0 radical (unpaired) electrons. The number of fused-ring (bicyclic) bond motifs is 1. The van der Waals surface area contributed by atoms with Gasteiger partial charge in [0.15, 0.2) is 5.65 Å². The van der Waals surface area contributed by atoms with Crippen LogP contribution < -0.4 is 4.90 Å². The number of rotatable bonds is 2. The normalized spacial score (nSPS) is 18.8.